The Morgan fingerprint density at radius 2 is 2.12 bits per heavy atom. The summed E-state index contributed by atoms with van der Waals surface area (Å²) in [5.41, 5.74) is 1.24. The van der Waals surface area contributed by atoms with Crippen LogP contribution >= 0.6 is 11.8 Å². The quantitative estimate of drug-likeness (QED) is 0.513. The van der Waals surface area contributed by atoms with Gasteiger partial charge in [0.2, 0.25) is 0 Å². The molecular weight excluding hydrogens is 326 g/mol. The number of hydrogen-bond donors (Lipinski definition) is 0. The first-order valence-corrected chi connectivity index (χ1v) is 8.88. The van der Waals surface area contributed by atoms with Gasteiger partial charge in [0.25, 0.3) is 5.69 Å². The molecule has 0 fully saturated rings. The lowest BCUT2D eigenvalue weighted by Gasteiger charge is -2.13. The van der Waals surface area contributed by atoms with Crippen LogP contribution in [0, 0.1) is 10.1 Å². The largest absolute Gasteiger partial charge is 0.374 e. The molecule has 0 saturated carbocycles. The van der Waals surface area contributed by atoms with Gasteiger partial charge >= 0.3 is 0 Å². The average Bonchev–Trinajstić information content (AvgIpc) is 2.90. The van der Waals surface area contributed by atoms with Gasteiger partial charge in [-0.3, -0.25) is 10.1 Å². The maximum atomic E-state index is 11.0. The maximum Gasteiger partial charge on any atom is 0.270 e. The molecule has 0 aliphatic carbocycles. The molecule has 0 aliphatic rings. The van der Waals surface area contributed by atoms with Gasteiger partial charge in [0.15, 0.2) is 0 Å². The lowest BCUT2D eigenvalue weighted by molar-refractivity contribution is -0.385. The molecule has 130 valence electrons. The number of aromatic nitrogens is 2. The maximum absolute atomic E-state index is 11.0. The number of nitro benzene ring substituents is 1. The van der Waals surface area contributed by atoms with Crippen molar-refractivity contribution in [2.45, 2.75) is 56.7 Å². The fourth-order valence-corrected chi connectivity index (χ4v) is 3.70. The molecule has 7 heteroatoms. The zero-order chi connectivity index (χ0) is 17.7. The second-order valence-electron chi connectivity index (χ2n) is 5.61. The zero-order valence-electron chi connectivity index (χ0n) is 14.5. The van der Waals surface area contributed by atoms with Gasteiger partial charge in [0.05, 0.1) is 10.6 Å². The third-order valence-electron chi connectivity index (χ3n) is 3.59. The summed E-state index contributed by atoms with van der Waals surface area (Å²) in [5.74, 6) is 1.20. The minimum atomic E-state index is -0.376. The molecule has 1 heterocycles. The molecule has 0 atom stereocenters. The summed E-state index contributed by atoms with van der Waals surface area (Å²) in [6.07, 6.45) is 0. The Balaban J connectivity index is 2.39. The number of nitro groups is 1. The van der Waals surface area contributed by atoms with Crippen LogP contribution < -0.4 is 0 Å². The van der Waals surface area contributed by atoms with Crippen molar-refractivity contribution in [2.24, 2.45) is 0 Å². The lowest BCUT2D eigenvalue weighted by atomic mass is 10.1. The molecule has 0 saturated heterocycles. The third-order valence-corrected chi connectivity index (χ3v) is 4.58. The van der Waals surface area contributed by atoms with Gasteiger partial charge < -0.3 is 9.30 Å². The van der Waals surface area contributed by atoms with Crippen LogP contribution in [0.3, 0.4) is 0 Å². The molecule has 0 amide bonds. The first-order valence-electron chi connectivity index (χ1n) is 8.07. The van der Waals surface area contributed by atoms with Crippen LogP contribution in [0.1, 0.15) is 45.1 Å². The van der Waals surface area contributed by atoms with Crippen LogP contribution in [0.4, 0.5) is 5.69 Å². The molecule has 0 spiro atoms. The molecule has 2 aromatic rings. The first-order chi connectivity index (χ1) is 11.5. The second-order valence-corrected chi connectivity index (χ2v) is 6.67. The Bertz CT molecular complexity index is 713. The average molecular weight is 349 g/mol. The number of non-ortho nitro benzene ring substituents is 1. The smallest absolute Gasteiger partial charge is 0.270 e. The van der Waals surface area contributed by atoms with Crippen LogP contribution in [-0.2, 0) is 17.9 Å². The lowest BCUT2D eigenvalue weighted by Crippen LogP contribution is -2.08. The second kappa shape index (κ2) is 8.30. The Morgan fingerprint density at radius 3 is 2.71 bits per heavy atom. The van der Waals surface area contributed by atoms with Crippen LogP contribution in [0.25, 0.3) is 0 Å². The summed E-state index contributed by atoms with van der Waals surface area (Å²) < 4.78 is 7.71. The SMILES string of the molecule is CCOCc1nc(Sc2cccc([N+](=O)[O-])c2)c(C(C)C)n1CC. The molecule has 0 aliphatic heterocycles. The van der Waals surface area contributed by atoms with E-state index in [1.54, 1.807) is 12.1 Å². The summed E-state index contributed by atoms with van der Waals surface area (Å²) in [6, 6.07) is 6.66. The first kappa shape index (κ1) is 18.5. The van der Waals surface area contributed by atoms with Crippen molar-refractivity contribution in [3.8, 4) is 0 Å². The van der Waals surface area contributed by atoms with E-state index >= 15 is 0 Å². The number of imidazole rings is 1. The predicted molar refractivity (Wildman–Crippen MR) is 94.5 cm³/mol. The standard InChI is InChI=1S/C17H23N3O3S/c1-5-19-15(11-23-6-2)18-17(16(19)12(3)4)24-14-9-7-8-13(10-14)20(21)22/h7-10,12H,5-6,11H2,1-4H3. The van der Waals surface area contributed by atoms with E-state index < -0.39 is 0 Å². The highest BCUT2D eigenvalue weighted by atomic mass is 32.2. The monoisotopic (exact) mass is 349 g/mol. The van der Waals surface area contributed by atoms with Gasteiger partial charge in [-0.05, 0) is 25.8 Å². The summed E-state index contributed by atoms with van der Waals surface area (Å²) in [7, 11) is 0. The Kier molecular flexibility index (Phi) is 6.39. The van der Waals surface area contributed by atoms with E-state index in [9.17, 15) is 10.1 Å². The molecule has 0 radical (unpaired) electrons. The molecular formula is C17H23N3O3S. The van der Waals surface area contributed by atoms with Crippen molar-refractivity contribution < 1.29 is 9.66 Å². The van der Waals surface area contributed by atoms with E-state index in [1.165, 1.54) is 17.8 Å². The number of hydrogen-bond acceptors (Lipinski definition) is 5. The van der Waals surface area contributed by atoms with Gasteiger partial charge in [0, 0.05) is 30.2 Å². The number of rotatable bonds is 8. The molecule has 0 bridgehead atoms. The van der Waals surface area contributed by atoms with Crippen molar-refractivity contribution >= 4 is 17.4 Å². The summed E-state index contributed by atoms with van der Waals surface area (Å²) >= 11 is 1.47. The van der Waals surface area contributed by atoms with Crippen molar-refractivity contribution in [3.05, 3.63) is 45.9 Å². The van der Waals surface area contributed by atoms with Crippen molar-refractivity contribution in [1.82, 2.24) is 9.55 Å². The van der Waals surface area contributed by atoms with Gasteiger partial charge in [0.1, 0.15) is 17.5 Å². The van der Waals surface area contributed by atoms with Gasteiger partial charge in [-0.2, -0.15) is 0 Å². The predicted octanol–water partition coefficient (Wildman–Crippen LogP) is 4.62. The molecule has 1 aromatic heterocycles. The molecule has 0 N–H and O–H groups in total. The third kappa shape index (κ3) is 4.15. The van der Waals surface area contributed by atoms with E-state index in [4.69, 9.17) is 9.72 Å². The van der Waals surface area contributed by atoms with E-state index in [-0.39, 0.29) is 10.6 Å². The highest BCUT2D eigenvalue weighted by Crippen LogP contribution is 2.35. The van der Waals surface area contributed by atoms with Crippen LogP contribution in [0.5, 0.6) is 0 Å². The Hall–Kier alpha value is -1.86. The Morgan fingerprint density at radius 1 is 1.38 bits per heavy atom. The van der Waals surface area contributed by atoms with Crippen LogP contribution in [0.15, 0.2) is 34.2 Å². The van der Waals surface area contributed by atoms with Crippen LogP contribution in [0.2, 0.25) is 0 Å². The van der Waals surface area contributed by atoms with Crippen molar-refractivity contribution in [2.75, 3.05) is 6.61 Å². The Labute approximate surface area is 146 Å². The fraction of sp³-hybridized carbons (Fsp3) is 0.471. The normalized spacial score (nSPS) is 11.2. The van der Waals surface area contributed by atoms with E-state index in [0.717, 1.165) is 28.0 Å². The van der Waals surface area contributed by atoms with Gasteiger partial charge in [-0.25, -0.2) is 4.98 Å². The van der Waals surface area contributed by atoms with Crippen molar-refractivity contribution in [1.29, 1.82) is 0 Å². The number of nitrogens with zero attached hydrogens (tertiary/aromatic N) is 3. The summed E-state index contributed by atoms with van der Waals surface area (Å²) in [5, 5.41) is 11.9. The molecule has 6 nitrogen and oxygen atoms in total. The number of benzene rings is 1. The molecule has 1 aromatic carbocycles. The highest BCUT2D eigenvalue weighted by molar-refractivity contribution is 7.99. The van der Waals surface area contributed by atoms with Gasteiger partial charge in [-0.15, -0.1) is 0 Å². The molecule has 24 heavy (non-hydrogen) atoms. The van der Waals surface area contributed by atoms with E-state index in [1.807, 2.05) is 13.0 Å². The zero-order valence-corrected chi connectivity index (χ0v) is 15.3. The minimum Gasteiger partial charge on any atom is -0.374 e. The molecule has 2 rings (SSSR count). The minimum absolute atomic E-state index is 0.0931. The highest BCUT2D eigenvalue weighted by Gasteiger charge is 2.20. The van der Waals surface area contributed by atoms with Crippen molar-refractivity contribution in [3.63, 3.8) is 0 Å². The topological polar surface area (TPSA) is 70.2 Å². The summed E-state index contributed by atoms with van der Waals surface area (Å²) in [6.45, 7) is 10.2. The number of ether oxygens (including phenoxy) is 1. The van der Waals surface area contributed by atoms with Gasteiger partial charge in [-0.1, -0.05) is 31.7 Å². The van der Waals surface area contributed by atoms with E-state index in [0.29, 0.717) is 19.1 Å². The van der Waals surface area contributed by atoms with E-state index in [2.05, 4.69) is 25.3 Å². The van der Waals surface area contributed by atoms with Crippen LogP contribution in [-0.4, -0.2) is 21.1 Å². The molecule has 0 unspecified atom stereocenters. The fourth-order valence-electron chi connectivity index (χ4n) is 2.55. The summed E-state index contributed by atoms with van der Waals surface area (Å²) in [4.78, 5) is 16.1.